The van der Waals surface area contributed by atoms with Crippen LogP contribution < -0.4 is 4.90 Å². The highest BCUT2D eigenvalue weighted by Gasteiger charge is 2.28. The number of aromatic amines is 1. The van der Waals surface area contributed by atoms with Gasteiger partial charge < -0.3 is 9.88 Å². The summed E-state index contributed by atoms with van der Waals surface area (Å²) in [5, 5.41) is 0.991. The SMILES string of the molecule is CN(c1ncnc2[nH]ccc12)[C@H]1CC[C@H](CS(=O)(=O)O)CC1. The highest BCUT2D eigenvalue weighted by Crippen LogP contribution is 2.31. The van der Waals surface area contributed by atoms with Crippen molar-refractivity contribution in [2.45, 2.75) is 31.7 Å². The lowest BCUT2D eigenvalue weighted by atomic mass is 9.86. The lowest BCUT2D eigenvalue weighted by Gasteiger charge is -2.35. The zero-order chi connectivity index (χ0) is 15.7. The lowest BCUT2D eigenvalue weighted by molar-refractivity contribution is 0.335. The van der Waals surface area contributed by atoms with Gasteiger partial charge in [0.25, 0.3) is 10.1 Å². The van der Waals surface area contributed by atoms with Crippen molar-refractivity contribution in [2.24, 2.45) is 5.92 Å². The maximum Gasteiger partial charge on any atom is 0.265 e. The average molecular weight is 324 g/mol. The quantitative estimate of drug-likeness (QED) is 0.833. The predicted molar refractivity (Wildman–Crippen MR) is 84.5 cm³/mol. The molecular weight excluding hydrogens is 304 g/mol. The third kappa shape index (κ3) is 3.22. The molecule has 0 spiro atoms. The van der Waals surface area contributed by atoms with Gasteiger partial charge in [-0.15, -0.1) is 0 Å². The summed E-state index contributed by atoms with van der Waals surface area (Å²) in [7, 11) is -1.86. The standard InChI is InChI=1S/C14H20N4O3S/c1-18(14-12-6-7-15-13(12)16-9-17-14)11-4-2-10(3-5-11)8-22(19,20)21/h6-7,9-11H,2-5,8H2,1H3,(H,15,16,17)(H,19,20,21)/t10-,11-. The number of fused-ring (bicyclic) bond motifs is 1. The van der Waals surface area contributed by atoms with Crippen LogP contribution in [0.4, 0.5) is 5.82 Å². The molecule has 22 heavy (non-hydrogen) atoms. The summed E-state index contributed by atoms with van der Waals surface area (Å²) in [4.78, 5) is 13.8. The van der Waals surface area contributed by atoms with Crippen LogP contribution in [0.15, 0.2) is 18.6 Å². The van der Waals surface area contributed by atoms with Gasteiger partial charge in [-0.2, -0.15) is 8.42 Å². The molecular formula is C14H20N4O3S. The van der Waals surface area contributed by atoms with Crippen LogP contribution in [-0.4, -0.2) is 46.8 Å². The molecule has 8 heteroatoms. The first kappa shape index (κ1) is 15.2. The van der Waals surface area contributed by atoms with Crippen LogP contribution in [0.25, 0.3) is 11.0 Å². The number of hydrogen-bond acceptors (Lipinski definition) is 5. The maximum absolute atomic E-state index is 11.0. The molecule has 3 rings (SSSR count). The maximum atomic E-state index is 11.0. The fraction of sp³-hybridized carbons (Fsp3) is 0.571. The minimum atomic E-state index is -3.87. The molecule has 2 N–H and O–H groups in total. The zero-order valence-electron chi connectivity index (χ0n) is 12.4. The molecule has 1 fully saturated rings. The van der Waals surface area contributed by atoms with Gasteiger partial charge >= 0.3 is 0 Å². The van der Waals surface area contributed by atoms with Crippen LogP contribution in [0.1, 0.15) is 25.7 Å². The molecule has 2 heterocycles. The minimum absolute atomic E-state index is 0.0531. The summed E-state index contributed by atoms with van der Waals surface area (Å²) in [5.74, 6) is 0.820. The fourth-order valence-corrected chi connectivity index (χ4v) is 4.24. The van der Waals surface area contributed by atoms with Crippen molar-refractivity contribution in [1.29, 1.82) is 0 Å². The van der Waals surface area contributed by atoms with Gasteiger partial charge in [-0.05, 0) is 37.7 Å². The molecule has 0 saturated heterocycles. The van der Waals surface area contributed by atoms with Gasteiger partial charge in [0.2, 0.25) is 0 Å². The molecule has 0 aliphatic heterocycles. The van der Waals surface area contributed by atoms with Gasteiger partial charge in [-0.3, -0.25) is 4.55 Å². The van der Waals surface area contributed by atoms with E-state index in [2.05, 4.69) is 19.9 Å². The van der Waals surface area contributed by atoms with Gasteiger partial charge in [-0.1, -0.05) is 0 Å². The van der Waals surface area contributed by atoms with Crippen molar-refractivity contribution in [2.75, 3.05) is 17.7 Å². The molecule has 0 bridgehead atoms. The van der Waals surface area contributed by atoms with Gasteiger partial charge in [0, 0.05) is 19.3 Å². The largest absolute Gasteiger partial charge is 0.356 e. The van der Waals surface area contributed by atoms with Crippen LogP contribution >= 0.6 is 0 Å². The van der Waals surface area contributed by atoms with Crippen LogP contribution in [-0.2, 0) is 10.1 Å². The lowest BCUT2D eigenvalue weighted by Crippen LogP contribution is -2.37. The van der Waals surface area contributed by atoms with Crippen molar-refractivity contribution in [3.63, 3.8) is 0 Å². The summed E-state index contributed by atoms with van der Waals surface area (Å²) >= 11 is 0. The first-order chi connectivity index (χ1) is 10.4. The number of anilines is 1. The van der Waals surface area contributed by atoms with Crippen molar-refractivity contribution in [3.05, 3.63) is 18.6 Å². The summed E-state index contributed by atoms with van der Waals surface area (Å²) in [6, 6.07) is 2.29. The number of H-pyrrole nitrogens is 1. The van der Waals surface area contributed by atoms with Crippen molar-refractivity contribution >= 4 is 27.0 Å². The van der Waals surface area contributed by atoms with E-state index in [9.17, 15) is 8.42 Å². The summed E-state index contributed by atoms with van der Waals surface area (Å²) in [6.07, 6.45) is 6.79. The highest BCUT2D eigenvalue weighted by molar-refractivity contribution is 7.85. The fourth-order valence-electron chi connectivity index (χ4n) is 3.31. The molecule has 2 aromatic rings. The van der Waals surface area contributed by atoms with E-state index < -0.39 is 10.1 Å². The van der Waals surface area contributed by atoms with E-state index in [1.807, 2.05) is 19.3 Å². The average Bonchev–Trinajstić information content (AvgIpc) is 2.94. The Labute approximate surface area is 129 Å². The first-order valence-electron chi connectivity index (χ1n) is 7.40. The summed E-state index contributed by atoms with van der Waals surface area (Å²) in [6.45, 7) is 0. The molecule has 0 aromatic carbocycles. The molecule has 1 saturated carbocycles. The smallest absolute Gasteiger partial charge is 0.265 e. The molecule has 0 atom stereocenters. The topological polar surface area (TPSA) is 99.2 Å². The Morgan fingerprint density at radius 2 is 2.05 bits per heavy atom. The second-order valence-corrected chi connectivity index (χ2v) is 7.47. The van der Waals surface area contributed by atoms with E-state index in [1.165, 1.54) is 0 Å². The molecule has 0 amide bonds. The van der Waals surface area contributed by atoms with Gasteiger partial charge in [0.15, 0.2) is 0 Å². The number of aromatic nitrogens is 3. The Morgan fingerprint density at radius 1 is 1.32 bits per heavy atom. The number of nitrogens with one attached hydrogen (secondary N) is 1. The molecule has 1 aliphatic carbocycles. The Morgan fingerprint density at radius 3 is 2.73 bits per heavy atom. The van der Waals surface area contributed by atoms with E-state index in [4.69, 9.17) is 4.55 Å². The Bertz CT molecular complexity index is 750. The second kappa shape index (κ2) is 5.85. The molecule has 0 radical (unpaired) electrons. The molecule has 0 unspecified atom stereocenters. The highest BCUT2D eigenvalue weighted by atomic mass is 32.2. The zero-order valence-corrected chi connectivity index (χ0v) is 13.3. The Hall–Kier alpha value is -1.67. The van der Waals surface area contributed by atoms with Crippen molar-refractivity contribution in [1.82, 2.24) is 15.0 Å². The minimum Gasteiger partial charge on any atom is -0.356 e. The van der Waals surface area contributed by atoms with Crippen LogP contribution in [0.3, 0.4) is 0 Å². The number of rotatable bonds is 4. The first-order valence-corrected chi connectivity index (χ1v) is 9.01. The van der Waals surface area contributed by atoms with E-state index in [0.29, 0.717) is 6.04 Å². The van der Waals surface area contributed by atoms with Gasteiger partial charge in [0.05, 0.1) is 11.1 Å². The van der Waals surface area contributed by atoms with E-state index >= 15 is 0 Å². The van der Waals surface area contributed by atoms with E-state index in [1.54, 1.807) is 6.33 Å². The predicted octanol–water partition coefficient (Wildman–Crippen LogP) is 1.84. The van der Waals surface area contributed by atoms with Crippen molar-refractivity contribution < 1.29 is 13.0 Å². The summed E-state index contributed by atoms with van der Waals surface area (Å²) in [5.41, 5.74) is 0.817. The third-order valence-corrected chi connectivity index (χ3v) is 5.37. The van der Waals surface area contributed by atoms with Crippen molar-refractivity contribution in [3.8, 4) is 0 Å². The summed E-state index contributed by atoms with van der Waals surface area (Å²) < 4.78 is 30.9. The van der Waals surface area contributed by atoms with Gasteiger partial charge in [-0.25, -0.2) is 9.97 Å². The van der Waals surface area contributed by atoms with Crippen LogP contribution in [0.2, 0.25) is 0 Å². The van der Waals surface area contributed by atoms with Crippen LogP contribution in [0.5, 0.6) is 0 Å². The van der Waals surface area contributed by atoms with Gasteiger partial charge in [0.1, 0.15) is 17.8 Å². The number of nitrogens with zero attached hydrogens (tertiary/aromatic N) is 3. The normalized spacial score (nSPS) is 22.8. The molecule has 120 valence electrons. The van der Waals surface area contributed by atoms with E-state index in [-0.39, 0.29) is 11.7 Å². The third-order valence-electron chi connectivity index (χ3n) is 4.48. The Balaban J connectivity index is 1.70. The second-order valence-electron chi connectivity index (χ2n) is 5.97. The number of hydrogen-bond donors (Lipinski definition) is 2. The van der Waals surface area contributed by atoms with E-state index in [0.717, 1.165) is 42.5 Å². The molecule has 1 aliphatic rings. The monoisotopic (exact) mass is 324 g/mol. The Kier molecular flexibility index (Phi) is 4.05. The molecule has 7 nitrogen and oxygen atoms in total. The van der Waals surface area contributed by atoms with Crippen LogP contribution in [0, 0.1) is 5.92 Å². The molecule has 2 aromatic heterocycles.